The molecule has 2 aromatic carbocycles. The maximum Gasteiger partial charge on any atom is 0.146 e. The molecule has 0 saturated heterocycles. The largest absolute Gasteiger partial charge is 0.494 e. The highest BCUT2D eigenvalue weighted by Gasteiger charge is 2.19. The summed E-state index contributed by atoms with van der Waals surface area (Å²) in [4.78, 5) is 11.3. The van der Waals surface area contributed by atoms with Gasteiger partial charge >= 0.3 is 0 Å². The number of carbonyl (C=O) groups is 1. The van der Waals surface area contributed by atoms with Gasteiger partial charge in [-0.2, -0.15) is 0 Å². The summed E-state index contributed by atoms with van der Waals surface area (Å²) in [7, 11) is 5.10. The molecule has 0 aliphatic carbocycles. The van der Waals surface area contributed by atoms with Crippen molar-refractivity contribution < 1.29 is 19.4 Å². The van der Waals surface area contributed by atoms with Crippen molar-refractivity contribution in [1.29, 1.82) is 0 Å². The molecule has 0 aliphatic heterocycles. The molecule has 29 heavy (non-hydrogen) atoms. The highest BCUT2D eigenvalue weighted by Crippen LogP contribution is 2.34. The van der Waals surface area contributed by atoms with Crippen molar-refractivity contribution in [2.75, 3.05) is 20.8 Å². The van der Waals surface area contributed by atoms with Crippen LogP contribution >= 0.6 is 0 Å². The number of hydrogen-bond acceptors (Lipinski definition) is 6. The maximum absolute atomic E-state index is 11.3. The Morgan fingerprint density at radius 2 is 1.93 bits per heavy atom. The second kappa shape index (κ2) is 10.7. The Bertz CT molecular complexity index is 951. The molecule has 0 aliphatic rings. The van der Waals surface area contributed by atoms with Gasteiger partial charge in [0.15, 0.2) is 0 Å². The first kappa shape index (κ1) is 22.5. The van der Waals surface area contributed by atoms with Crippen LogP contribution in [0.1, 0.15) is 41.5 Å². The Hall–Kier alpha value is -2.77. The van der Waals surface area contributed by atoms with E-state index in [0.29, 0.717) is 12.2 Å². The van der Waals surface area contributed by atoms with Crippen LogP contribution in [0.5, 0.6) is 5.75 Å². The molecule has 7 nitrogen and oxygen atoms in total. The third kappa shape index (κ3) is 5.19. The summed E-state index contributed by atoms with van der Waals surface area (Å²) >= 11 is 0. The number of hydrogen-bond donors (Lipinski definition) is 1. The number of aliphatic hydroxyl groups is 1. The van der Waals surface area contributed by atoms with Gasteiger partial charge in [-0.05, 0) is 48.2 Å². The van der Waals surface area contributed by atoms with E-state index in [4.69, 9.17) is 4.74 Å². The lowest BCUT2D eigenvalue weighted by molar-refractivity contribution is -0.108. The van der Waals surface area contributed by atoms with Crippen molar-refractivity contribution in [2.45, 2.75) is 32.8 Å². The van der Waals surface area contributed by atoms with Gasteiger partial charge in [0.2, 0.25) is 0 Å². The highest BCUT2D eigenvalue weighted by molar-refractivity contribution is 5.82. The second-order valence-corrected chi connectivity index (χ2v) is 6.68. The van der Waals surface area contributed by atoms with E-state index in [0.717, 1.165) is 46.2 Å². The summed E-state index contributed by atoms with van der Waals surface area (Å²) in [5, 5.41) is 17.8. The number of carbonyl (C=O) groups excluding carboxylic acids is 1. The van der Waals surface area contributed by atoms with Crippen LogP contribution in [0.25, 0.3) is 11.0 Å². The highest BCUT2D eigenvalue weighted by atomic mass is 16.5. The van der Waals surface area contributed by atoms with E-state index in [1.165, 1.54) is 0 Å². The number of benzene rings is 2. The van der Waals surface area contributed by atoms with Crippen LogP contribution in [0, 0.1) is 6.92 Å². The van der Waals surface area contributed by atoms with Crippen molar-refractivity contribution in [3.63, 3.8) is 0 Å². The Kier molecular flexibility index (Phi) is 8.30. The van der Waals surface area contributed by atoms with Gasteiger partial charge in [-0.15, -0.1) is 5.10 Å². The number of aliphatic hydroxyl groups excluding tert-OH is 1. The lowest BCUT2D eigenvalue weighted by Gasteiger charge is -2.18. The number of rotatable bonds is 7. The SMILES string of the molecule is CCOC.COc1cc(C(CC=O)c2ccc(C)c(CO)c2)cc2nnn(C)c12. The zero-order valence-corrected chi connectivity index (χ0v) is 17.7. The predicted molar refractivity (Wildman–Crippen MR) is 112 cm³/mol. The van der Waals surface area contributed by atoms with E-state index < -0.39 is 0 Å². The van der Waals surface area contributed by atoms with Crippen molar-refractivity contribution in [3.05, 3.63) is 52.6 Å². The average Bonchev–Trinajstić information content (AvgIpc) is 3.13. The van der Waals surface area contributed by atoms with Crippen LogP contribution in [0.3, 0.4) is 0 Å². The van der Waals surface area contributed by atoms with E-state index in [1.807, 2.05) is 51.2 Å². The van der Waals surface area contributed by atoms with Crippen molar-refractivity contribution in [1.82, 2.24) is 15.0 Å². The minimum Gasteiger partial charge on any atom is -0.494 e. The summed E-state index contributed by atoms with van der Waals surface area (Å²) in [6.45, 7) is 4.71. The molecule has 1 aromatic heterocycles. The van der Waals surface area contributed by atoms with Gasteiger partial charge in [-0.1, -0.05) is 23.4 Å². The number of aldehydes is 1. The zero-order chi connectivity index (χ0) is 21.4. The fourth-order valence-corrected chi connectivity index (χ4v) is 3.17. The van der Waals surface area contributed by atoms with Gasteiger partial charge < -0.3 is 19.4 Å². The second-order valence-electron chi connectivity index (χ2n) is 6.68. The molecule has 1 heterocycles. The van der Waals surface area contributed by atoms with Gasteiger partial charge in [-0.3, -0.25) is 0 Å². The molecule has 3 rings (SSSR count). The van der Waals surface area contributed by atoms with Crippen LogP contribution in [0.2, 0.25) is 0 Å². The van der Waals surface area contributed by atoms with Crippen molar-refractivity contribution >= 4 is 17.3 Å². The fourth-order valence-electron chi connectivity index (χ4n) is 3.17. The molecule has 1 unspecified atom stereocenters. The summed E-state index contributed by atoms with van der Waals surface area (Å²) in [6, 6.07) is 9.79. The molecule has 7 heteroatoms. The molecule has 0 bridgehead atoms. The molecule has 1 N–H and O–H groups in total. The van der Waals surface area contributed by atoms with Crippen LogP contribution in [0.4, 0.5) is 0 Å². The van der Waals surface area contributed by atoms with Crippen LogP contribution < -0.4 is 4.74 Å². The molecule has 0 spiro atoms. The fraction of sp³-hybridized carbons (Fsp3) is 0.409. The van der Waals surface area contributed by atoms with Gasteiger partial charge in [0.1, 0.15) is 23.1 Å². The first-order valence-corrected chi connectivity index (χ1v) is 9.50. The smallest absolute Gasteiger partial charge is 0.146 e. The minimum atomic E-state index is -0.135. The molecule has 3 aromatic rings. The number of methoxy groups -OCH3 is 2. The standard InChI is InChI=1S/C19H21N3O3.C3H8O/c1-12-4-5-13(8-15(12)11-24)16(6-7-23)14-9-17-19(18(10-14)25-3)22(2)21-20-17;1-3-4-2/h4-5,7-10,16,24H,6,11H2,1-3H3;3H2,1-2H3. The third-order valence-electron chi connectivity index (χ3n) is 4.88. The Morgan fingerprint density at radius 3 is 2.52 bits per heavy atom. The molecule has 0 fully saturated rings. The average molecular weight is 399 g/mol. The zero-order valence-electron chi connectivity index (χ0n) is 17.7. The van der Waals surface area contributed by atoms with Gasteiger partial charge in [-0.25, -0.2) is 4.68 Å². The minimum absolute atomic E-state index is 0.0278. The van der Waals surface area contributed by atoms with E-state index in [2.05, 4.69) is 15.0 Å². The molecule has 156 valence electrons. The van der Waals surface area contributed by atoms with E-state index >= 15 is 0 Å². The summed E-state index contributed by atoms with van der Waals surface area (Å²) in [5.74, 6) is 0.536. The molecule has 1 atom stereocenters. The van der Waals surface area contributed by atoms with Gasteiger partial charge in [0.05, 0.1) is 13.7 Å². The number of nitrogens with zero attached hydrogens (tertiary/aromatic N) is 3. The van der Waals surface area contributed by atoms with E-state index in [1.54, 1.807) is 18.9 Å². The quantitative estimate of drug-likeness (QED) is 0.614. The number of aryl methyl sites for hydroxylation is 2. The van der Waals surface area contributed by atoms with Crippen LogP contribution in [-0.2, 0) is 23.2 Å². The molecule has 0 saturated carbocycles. The van der Waals surface area contributed by atoms with Gasteiger partial charge in [0.25, 0.3) is 0 Å². The lowest BCUT2D eigenvalue weighted by atomic mass is 9.87. The Balaban J connectivity index is 0.000000687. The predicted octanol–water partition coefficient (Wildman–Crippen LogP) is 3.15. The topological polar surface area (TPSA) is 86.5 Å². The molecule has 0 radical (unpaired) electrons. The summed E-state index contributed by atoms with van der Waals surface area (Å²) < 4.78 is 11.7. The first-order valence-electron chi connectivity index (χ1n) is 9.50. The normalized spacial score (nSPS) is 11.7. The summed E-state index contributed by atoms with van der Waals surface area (Å²) in [5.41, 5.74) is 5.34. The molecule has 0 amide bonds. The first-order chi connectivity index (χ1) is 14.0. The maximum atomic E-state index is 11.3. The Morgan fingerprint density at radius 1 is 1.21 bits per heavy atom. The third-order valence-corrected chi connectivity index (χ3v) is 4.88. The number of aromatic nitrogens is 3. The van der Waals surface area contributed by atoms with Gasteiger partial charge in [0, 0.05) is 33.1 Å². The monoisotopic (exact) mass is 399 g/mol. The van der Waals surface area contributed by atoms with E-state index in [9.17, 15) is 9.90 Å². The number of ether oxygens (including phenoxy) is 2. The lowest BCUT2D eigenvalue weighted by Crippen LogP contribution is -2.05. The number of fused-ring (bicyclic) bond motifs is 1. The van der Waals surface area contributed by atoms with Crippen LogP contribution in [0.15, 0.2) is 30.3 Å². The van der Waals surface area contributed by atoms with E-state index in [-0.39, 0.29) is 12.5 Å². The van der Waals surface area contributed by atoms with Crippen molar-refractivity contribution in [3.8, 4) is 5.75 Å². The summed E-state index contributed by atoms with van der Waals surface area (Å²) in [6.07, 6.45) is 1.25. The molecular formula is C22H29N3O4. The Labute approximate surface area is 171 Å². The molecular weight excluding hydrogens is 370 g/mol. The van der Waals surface area contributed by atoms with Crippen molar-refractivity contribution in [2.24, 2.45) is 7.05 Å². The van der Waals surface area contributed by atoms with Crippen LogP contribution in [-0.4, -0.2) is 47.2 Å².